The van der Waals surface area contributed by atoms with Gasteiger partial charge in [-0.1, -0.05) is 228 Å². The predicted molar refractivity (Wildman–Crippen MR) is 452 cm³/mol. The summed E-state index contributed by atoms with van der Waals surface area (Å²) in [4.78, 5) is 69.0. The first-order chi connectivity index (χ1) is 53.0. The van der Waals surface area contributed by atoms with Crippen LogP contribution in [0.15, 0.2) is 158 Å². The number of likely N-dealkylation sites (tertiary alicyclic amines) is 1. The molecular weight excluding hydrogens is 1430 g/mol. The van der Waals surface area contributed by atoms with Gasteiger partial charge in [-0.2, -0.15) is 0 Å². The van der Waals surface area contributed by atoms with Gasteiger partial charge in [0.05, 0.1) is 20.1 Å². The number of piperidine rings is 3. The Morgan fingerprint density at radius 2 is 0.642 bits per heavy atom. The molecule has 10 atom stereocenters. The molecule has 0 saturated carbocycles. The molecule has 0 radical (unpaired) electrons. The number of carbonyl (C=O) groups excluding carboxylic acids is 4. The second kappa shape index (κ2) is 42.4. The van der Waals surface area contributed by atoms with Gasteiger partial charge in [0.15, 0.2) is 0 Å². The standard InChI is InChI=1S/C26H34N2O.C25H32N2O.2C21H30Cl2N2O/c1-2-26(29)28-23-14-9-15-24(28)20-27(18-16-23)19-17-25(21-10-5-3-6-11-21)22-12-7-4-8-13-22;1-2-25(28)27-22-13-14-23(27)19-26(17-15-22)18-16-24(20-9-5-3-6-10-20)21-11-7-4-8-12-21;1-3-21(26)24-11-10-17-5-4-6-18(14-24)25(17)12-9-15(2)16-7-8-19(22)20(23)13-16;1-3-21(26)25-17-5-4-6-18(25)14-24(12-10-17)11-9-15(2)16-7-8-19(22)20(23)13-16/h3-8,10-13,23-25H,2,9,14-20H2,1H3;3-12,22-24H,2,13-19H2,1H3;2*7-8,13,15,17-18H,3-6,9-12,14H2,1-2H3. The van der Waals surface area contributed by atoms with Gasteiger partial charge in [0, 0.05) is 138 Å². The fourth-order valence-electron chi connectivity index (χ4n) is 19.5. The molecule has 6 aromatic carbocycles. The van der Waals surface area contributed by atoms with Crippen molar-refractivity contribution in [2.45, 2.75) is 261 Å². The predicted octanol–water partition coefficient (Wildman–Crippen LogP) is 20.5. The molecule has 8 heterocycles. The third-order valence-corrected chi connectivity index (χ3v) is 27.2. The number of fused-ring (bicyclic) bond motifs is 8. The highest BCUT2D eigenvalue weighted by molar-refractivity contribution is 6.42. The molecule has 8 bridgehead atoms. The molecule has 16 heteroatoms. The first-order valence-electron chi connectivity index (χ1n) is 42.2. The van der Waals surface area contributed by atoms with Crippen LogP contribution in [0, 0.1) is 0 Å². The largest absolute Gasteiger partial charge is 0.341 e. The van der Waals surface area contributed by atoms with Crippen LogP contribution in [0.25, 0.3) is 0 Å². The molecule has 14 rings (SSSR count). The van der Waals surface area contributed by atoms with E-state index in [1.165, 1.54) is 97.6 Å². The minimum Gasteiger partial charge on any atom is -0.341 e. The van der Waals surface area contributed by atoms with Crippen molar-refractivity contribution in [3.63, 3.8) is 0 Å². The first kappa shape index (κ1) is 84.1. The van der Waals surface area contributed by atoms with Crippen molar-refractivity contribution >= 4 is 70.0 Å². The van der Waals surface area contributed by atoms with Crippen molar-refractivity contribution in [1.82, 2.24) is 39.2 Å². The van der Waals surface area contributed by atoms with Crippen molar-refractivity contribution in [3.8, 4) is 0 Å². The molecule has 0 aliphatic carbocycles. The molecule has 590 valence electrons. The van der Waals surface area contributed by atoms with Crippen LogP contribution < -0.4 is 0 Å². The van der Waals surface area contributed by atoms with Crippen LogP contribution in [0.5, 0.6) is 0 Å². The molecule has 0 N–H and O–H groups in total. The molecule has 4 amide bonds. The summed E-state index contributed by atoms with van der Waals surface area (Å²) in [5.74, 6) is 3.09. The van der Waals surface area contributed by atoms with E-state index in [9.17, 15) is 19.2 Å². The smallest absolute Gasteiger partial charge is 0.222 e. The van der Waals surface area contributed by atoms with E-state index in [-0.39, 0.29) is 0 Å². The number of hydrogen-bond donors (Lipinski definition) is 0. The van der Waals surface area contributed by atoms with Gasteiger partial charge in [-0.3, -0.25) is 24.1 Å². The molecule has 12 nitrogen and oxygen atoms in total. The molecule has 8 aliphatic heterocycles. The number of hydrogen-bond acceptors (Lipinski definition) is 8. The van der Waals surface area contributed by atoms with E-state index in [0.29, 0.717) is 141 Å². The Kier molecular flexibility index (Phi) is 32.7. The van der Waals surface area contributed by atoms with Gasteiger partial charge in [0.25, 0.3) is 0 Å². The lowest BCUT2D eigenvalue weighted by Crippen LogP contribution is -2.51. The summed E-state index contributed by atoms with van der Waals surface area (Å²) in [5, 5.41) is 2.50. The van der Waals surface area contributed by atoms with E-state index in [1.807, 2.05) is 52.0 Å². The lowest BCUT2D eigenvalue weighted by atomic mass is 9.88. The Labute approximate surface area is 674 Å². The van der Waals surface area contributed by atoms with Gasteiger partial charge >= 0.3 is 0 Å². The van der Waals surface area contributed by atoms with Gasteiger partial charge in [-0.25, -0.2) is 0 Å². The topological polar surface area (TPSA) is 94.2 Å². The third kappa shape index (κ3) is 23.0. The summed E-state index contributed by atoms with van der Waals surface area (Å²) in [5.41, 5.74) is 8.09. The number of benzene rings is 6. The molecule has 109 heavy (non-hydrogen) atoms. The summed E-state index contributed by atoms with van der Waals surface area (Å²) >= 11 is 24.4. The quantitative estimate of drug-likeness (QED) is 0.0664. The molecule has 8 aliphatic rings. The van der Waals surface area contributed by atoms with Crippen LogP contribution in [0.4, 0.5) is 0 Å². The zero-order chi connectivity index (χ0) is 76.8. The summed E-state index contributed by atoms with van der Waals surface area (Å²) in [6, 6.07) is 59.3. The Hall–Kier alpha value is -5.80. The van der Waals surface area contributed by atoms with Crippen molar-refractivity contribution in [1.29, 1.82) is 0 Å². The maximum Gasteiger partial charge on any atom is 0.222 e. The Bertz CT molecular complexity index is 3710. The fraction of sp³-hybridized carbons (Fsp3) is 0.570. The number of carbonyl (C=O) groups is 4. The average molecular weight is 1560 g/mol. The summed E-state index contributed by atoms with van der Waals surface area (Å²) in [7, 11) is 0. The maximum absolute atomic E-state index is 12.6. The van der Waals surface area contributed by atoms with Gasteiger partial charge < -0.3 is 34.3 Å². The zero-order valence-electron chi connectivity index (χ0n) is 66.4. The van der Waals surface area contributed by atoms with Gasteiger partial charge in [0.2, 0.25) is 23.6 Å². The number of rotatable bonds is 22. The second-order valence-corrected chi connectivity index (χ2v) is 34.2. The van der Waals surface area contributed by atoms with Crippen LogP contribution in [0.3, 0.4) is 0 Å². The van der Waals surface area contributed by atoms with Crippen LogP contribution >= 0.6 is 46.4 Å². The number of amides is 4. The van der Waals surface area contributed by atoms with Crippen LogP contribution in [-0.4, -0.2) is 190 Å². The summed E-state index contributed by atoms with van der Waals surface area (Å²) < 4.78 is 0. The van der Waals surface area contributed by atoms with Crippen molar-refractivity contribution in [3.05, 3.63) is 211 Å². The van der Waals surface area contributed by atoms with E-state index in [2.05, 4.69) is 187 Å². The van der Waals surface area contributed by atoms with Gasteiger partial charge in [-0.15, -0.1) is 0 Å². The molecule has 6 aromatic rings. The van der Waals surface area contributed by atoms with E-state index < -0.39 is 0 Å². The van der Waals surface area contributed by atoms with E-state index in [4.69, 9.17) is 46.4 Å². The van der Waals surface area contributed by atoms with E-state index in [1.54, 1.807) is 0 Å². The first-order valence-corrected chi connectivity index (χ1v) is 43.8. The summed E-state index contributed by atoms with van der Waals surface area (Å²) in [6.45, 7) is 25.1. The average Bonchev–Trinajstić information content (AvgIpc) is 1.69. The second-order valence-electron chi connectivity index (χ2n) is 32.6. The minimum atomic E-state index is 0.307. The lowest BCUT2D eigenvalue weighted by molar-refractivity contribution is -0.138. The normalized spacial score (nSPS) is 23.7. The molecular formula is C93H126Cl4N8O4. The Balaban J connectivity index is 0.000000145. The highest BCUT2D eigenvalue weighted by Crippen LogP contribution is 2.39. The van der Waals surface area contributed by atoms with Crippen molar-refractivity contribution in [2.75, 3.05) is 78.5 Å². The van der Waals surface area contributed by atoms with Gasteiger partial charge in [0.1, 0.15) is 0 Å². The minimum absolute atomic E-state index is 0.307. The molecule has 10 unspecified atom stereocenters. The van der Waals surface area contributed by atoms with E-state index >= 15 is 0 Å². The fourth-order valence-corrected chi connectivity index (χ4v) is 20.1. The highest BCUT2D eigenvalue weighted by Gasteiger charge is 2.42. The third-order valence-electron chi connectivity index (χ3n) is 25.7. The molecule has 8 fully saturated rings. The van der Waals surface area contributed by atoms with Crippen LogP contribution in [-0.2, 0) is 19.2 Å². The number of nitrogens with zero attached hydrogens (tertiary/aromatic N) is 8. The SMILES string of the molecule is CCC(=O)N1C2CCC1CN(CCC(c1ccccc1)c1ccccc1)CC2.CCC(=O)N1C2CCCC1CN(CCC(C)c1ccc(Cl)c(Cl)c1)CC2.CCC(=O)N1C2CCCC1CN(CCC(c1ccccc1)c1ccccc1)CC2.CCC(=O)N1CCC2CCCC(C1)N2CCC(C)c1ccc(Cl)c(Cl)c1. The van der Waals surface area contributed by atoms with Crippen molar-refractivity contribution in [2.24, 2.45) is 0 Å². The summed E-state index contributed by atoms with van der Waals surface area (Å²) in [6.07, 6.45) is 24.8. The van der Waals surface area contributed by atoms with Crippen LogP contribution in [0.2, 0.25) is 20.1 Å². The Morgan fingerprint density at radius 3 is 1.03 bits per heavy atom. The van der Waals surface area contributed by atoms with Gasteiger partial charge in [-0.05, 0) is 211 Å². The lowest BCUT2D eigenvalue weighted by Gasteiger charge is -2.41. The molecule has 0 aromatic heterocycles. The highest BCUT2D eigenvalue weighted by atomic mass is 35.5. The molecule has 0 spiro atoms. The molecule has 8 saturated heterocycles. The zero-order valence-corrected chi connectivity index (χ0v) is 69.4. The maximum atomic E-state index is 12.6. The monoisotopic (exact) mass is 1560 g/mol. The Morgan fingerprint density at radius 1 is 0.321 bits per heavy atom. The van der Waals surface area contributed by atoms with Crippen LogP contribution in [0.1, 0.15) is 246 Å². The van der Waals surface area contributed by atoms with E-state index in [0.717, 1.165) is 136 Å². The number of halogens is 4. The van der Waals surface area contributed by atoms with Crippen molar-refractivity contribution < 1.29 is 19.2 Å².